The molecule has 4 rings (SSSR count). The van der Waals surface area contributed by atoms with Crippen LogP contribution in [0.5, 0.6) is 0 Å². The van der Waals surface area contributed by atoms with Crippen LogP contribution in [0.1, 0.15) is 45.1 Å². The van der Waals surface area contributed by atoms with E-state index in [1.807, 2.05) is 35.8 Å². The van der Waals surface area contributed by atoms with Gasteiger partial charge < -0.3 is 9.47 Å². The Hall–Kier alpha value is -1.88. The molecule has 1 aliphatic carbocycles. The van der Waals surface area contributed by atoms with Gasteiger partial charge in [0.1, 0.15) is 6.04 Å². The molecule has 0 radical (unpaired) electrons. The Balaban J connectivity index is 1.45. The van der Waals surface area contributed by atoms with Crippen molar-refractivity contribution in [3.05, 3.63) is 30.6 Å². The molecule has 2 heterocycles. The van der Waals surface area contributed by atoms with E-state index in [0.29, 0.717) is 0 Å². The Bertz CT molecular complexity index is 734. The van der Waals surface area contributed by atoms with Crippen molar-refractivity contribution in [2.75, 3.05) is 26.2 Å². The van der Waals surface area contributed by atoms with Crippen molar-refractivity contribution >= 4 is 16.9 Å². The maximum absolute atomic E-state index is 13.1. The normalized spacial score (nSPS) is 21.6. The second kappa shape index (κ2) is 7.16. The SMILES string of the molecule is C[C@@H](C(=O)N1CCCN(C2CCCC2)CC1)n1cnc2ccccc21. The third-order valence-corrected chi connectivity index (χ3v) is 5.94. The molecule has 134 valence electrons. The Morgan fingerprint density at radius 2 is 1.88 bits per heavy atom. The first-order valence-corrected chi connectivity index (χ1v) is 9.68. The summed E-state index contributed by atoms with van der Waals surface area (Å²) in [7, 11) is 0. The molecule has 1 aromatic carbocycles. The third-order valence-electron chi connectivity index (χ3n) is 5.94. The molecule has 2 fully saturated rings. The molecule has 0 N–H and O–H groups in total. The number of amides is 1. The molecule has 1 atom stereocenters. The van der Waals surface area contributed by atoms with Crippen molar-refractivity contribution < 1.29 is 4.79 Å². The van der Waals surface area contributed by atoms with Crippen LogP contribution in [0.2, 0.25) is 0 Å². The van der Waals surface area contributed by atoms with Crippen molar-refractivity contribution in [2.45, 2.75) is 51.1 Å². The van der Waals surface area contributed by atoms with E-state index in [1.165, 1.54) is 25.7 Å². The van der Waals surface area contributed by atoms with Crippen LogP contribution in [0.3, 0.4) is 0 Å². The summed E-state index contributed by atoms with van der Waals surface area (Å²) < 4.78 is 2.01. The molecule has 25 heavy (non-hydrogen) atoms. The molecule has 1 aromatic heterocycles. The van der Waals surface area contributed by atoms with E-state index in [-0.39, 0.29) is 11.9 Å². The Morgan fingerprint density at radius 1 is 1.08 bits per heavy atom. The van der Waals surface area contributed by atoms with Crippen LogP contribution in [0, 0.1) is 0 Å². The number of fused-ring (bicyclic) bond motifs is 1. The van der Waals surface area contributed by atoms with Crippen LogP contribution < -0.4 is 0 Å². The van der Waals surface area contributed by atoms with Gasteiger partial charge in [-0.05, 0) is 38.3 Å². The standard InChI is InChI=1S/C20H28N4O/c1-16(24-15-21-18-9-4-5-10-19(18)24)20(25)23-12-6-11-22(13-14-23)17-7-2-3-8-17/h4-5,9-10,15-17H,2-3,6-8,11-14H2,1H3/t16-/m0/s1. The molecule has 1 amide bonds. The highest BCUT2D eigenvalue weighted by molar-refractivity contribution is 5.83. The summed E-state index contributed by atoms with van der Waals surface area (Å²) in [5.74, 6) is 0.219. The van der Waals surface area contributed by atoms with Gasteiger partial charge in [0.05, 0.1) is 17.4 Å². The van der Waals surface area contributed by atoms with Crippen molar-refractivity contribution in [3.63, 3.8) is 0 Å². The zero-order chi connectivity index (χ0) is 17.2. The van der Waals surface area contributed by atoms with Crippen LogP contribution >= 0.6 is 0 Å². The summed E-state index contributed by atoms with van der Waals surface area (Å²) >= 11 is 0. The van der Waals surface area contributed by atoms with E-state index < -0.39 is 0 Å². The lowest BCUT2D eigenvalue weighted by Gasteiger charge is -2.28. The van der Waals surface area contributed by atoms with E-state index in [1.54, 1.807) is 6.33 Å². The van der Waals surface area contributed by atoms with Gasteiger partial charge in [0.25, 0.3) is 0 Å². The van der Waals surface area contributed by atoms with Gasteiger partial charge in [0.2, 0.25) is 5.91 Å². The summed E-state index contributed by atoms with van der Waals surface area (Å²) in [6.07, 6.45) is 8.30. The number of carbonyl (C=O) groups excluding carboxylic acids is 1. The average molecular weight is 340 g/mol. The number of nitrogens with zero attached hydrogens (tertiary/aromatic N) is 4. The summed E-state index contributed by atoms with van der Waals surface area (Å²) in [5.41, 5.74) is 1.98. The highest BCUT2D eigenvalue weighted by Crippen LogP contribution is 2.25. The maximum atomic E-state index is 13.1. The van der Waals surface area contributed by atoms with Crippen LogP contribution in [0.25, 0.3) is 11.0 Å². The van der Waals surface area contributed by atoms with E-state index in [4.69, 9.17) is 0 Å². The number of benzene rings is 1. The fourth-order valence-corrected chi connectivity index (χ4v) is 4.46. The average Bonchev–Trinajstić information content (AvgIpc) is 3.26. The lowest BCUT2D eigenvalue weighted by Crippen LogP contribution is -2.40. The lowest BCUT2D eigenvalue weighted by molar-refractivity contribution is -0.134. The number of imidazole rings is 1. The molecular weight excluding hydrogens is 312 g/mol. The van der Waals surface area contributed by atoms with Crippen molar-refractivity contribution in [3.8, 4) is 0 Å². The monoisotopic (exact) mass is 340 g/mol. The number of para-hydroxylation sites is 2. The number of hydrogen-bond donors (Lipinski definition) is 0. The fraction of sp³-hybridized carbons (Fsp3) is 0.600. The first-order valence-electron chi connectivity index (χ1n) is 9.68. The minimum atomic E-state index is -0.203. The Kier molecular flexibility index (Phi) is 4.75. The fourth-order valence-electron chi connectivity index (χ4n) is 4.46. The smallest absolute Gasteiger partial charge is 0.245 e. The zero-order valence-electron chi connectivity index (χ0n) is 15.1. The zero-order valence-corrected chi connectivity index (χ0v) is 15.1. The topological polar surface area (TPSA) is 41.4 Å². The molecule has 0 bridgehead atoms. The minimum absolute atomic E-state index is 0.203. The molecule has 2 aromatic rings. The van der Waals surface area contributed by atoms with Gasteiger partial charge in [-0.3, -0.25) is 9.69 Å². The van der Waals surface area contributed by atoms with Crippen molar-refractivity contribution in [2.24, 2.45) is 0 Å². The van der Waals surface area contributed by atoms with Crippen LogP contribution in [-0.2, 0) is 4.79 Å². The van der Waals surface area contributed by atoms with Crippen LogP contribution in [-0.4, -0.2) is 57.5 Å². The molecular formula is C20H28N4O. The molecule has 0 unspecified atom stereocenters. The molecule has 2 aliphatic rings. The summed E-state index contributed by atoms with van der Waals surface area (Å²) in [6, 6.07) is 8.57. The Labute approximate surface area is 149 Å². The van der Waals surface area contributed by atoms with Gasteiger partial charge in [-0.2, -0.15) is 0 Å². The van der Waals surface area contributed by atoms with Crippen LogP contribution in [0.4, 0.5) is 0 Å². The van der Waals surface area contributed by atoms with Gasteiger partial charge >= 0.3 is 0 Å². The molecule has 1 saturated heterocycles. The van der Waals surface area contributed by atoms with Gasteiger partial charge in [-0.1, -0.05) is 25.0 Å². The largest absolute Gasteiger partial charge is 0.340 e. The van der Waals surface area contributed by atoms with E-state index in [9.17, 15) is 4.79 Å². The number of aromatic nitrogens is 2. The number of hydrogen-bond acceptors (Lipinski definition) is 3. The lowest BCUT2D eigenvalue weighted by atomic mass is 10.2. The van der Waals surface area contributed by atoms with Crippen molar-refractivity contribution in [1.82, 2.24) is 19.4 Å². The third kappa shape index (κ3) is 3.30. The molecule has 1 aliphatic heterocycles. The predicted octanol–water partition coefficient (Wildman–Crippen LogP) is 3.07. The van der Waals surface area contributed by atoms with E-state index in [0.717, 1.165) is 49.7 Å². The van der Waals surface area contributed by atoms with Gasteiger partial charge in [0.15, 0.2) is 0 Å². The van der Waals surface area contributed by atoms with Crippen molar-refractivity contribution in [1.29, 1.82) is 0 Å². The van der Waals surface area contributed by atoms with E-state index >= 15 is 0 Å². The predicted molar refractivity (Wildman–Crippen MR) is 99.5 cm³/mol. The summed E-state index contributed by atoms with van der Waals surface area (Å²) in [6.45, 7) is 5.88. The number of rotatable bonds is 3. The molecule has 1 saturated carbocycles. The maximum Gasteiger partial charge on any atom is 0.245 e. The first kappa shape index (κ1) is 16.6. The Morgan fingerprint density at radius 3 is 2.72 bits per heavy atom. The van der Waals surface area contributed by atoms with Gasteiger partial charge in [-0.25, -0.2) is 4.98 Å². The van der Waals surface area contributed by atoms with E-state index in [2.05, 4.69) is 14.8 Å². The quantitative estimate of drug-likeness (QED) is 0.862. The molecule has 0 spiro atoms. The van der Waals surface area contributed by atoms with Gasteiger partial charge in [-0.15, -0.1) is 0 Å². The second-order valence-corrected chi connectivity index (χ2v) is 7.47. The highest BCUT2D eigenvalue weighted by Gasteiger charge is 2.28. The summed E-state index contributed by atoms with van der Waals surface area (Å²) in [4.78, 5) is 22.2. The summed E-state index contributed by atoms with van der Waals surface area (Å²) in [5, 5.41) is 0. The second-order valence-electron chi connectivity index (χ2n) is 7.47. The highest BCUT2D eigenvalue weighted by atomic mass is 16.2. The molecule has 5 nitrogen and oxygen atoms in total. The van der Waals surface area contributed by atoms with Crippen LogP contribution in [0.15, 0.2) is 30.6 Å². The first-order chi connectivity index (χ1) is 12.2. The number of carbonyl (C=O) groups is 1. The van der Waals surface area contributed by atoms with Gasteiger partial charge in [0, 0.05) is 32.2 Å². The molecule has 5 heteroatoms. The minimum Gasteiger partial charge on any atom is -0.340 e.